The standard InChI is InChI=1S/C19H25N5O3/c1-24(11-16-21-15-10-6-5-9-14(15)18(26)22-16)12-17(25)23-19(27)20-13-7-3-2-4-8-13/h5-6,9-10,13H,2-4,7-8,11-12H2,1H3,(H,21,22,26)(H2,20,23,25,27)/p+1. The number of carbonyl (C=O) groups is 2. The van der Waals surface area contributed by atoms with Crippen LogP contribution in [0.1, 0.15) is 37.9 Å². The van der Waals surface area contributed by atoms with Gasteiger partial charge in [-0.15, -0.1) is 0 Å². The molecule has 0 radical (unpaired) electrons. The number of nitrogens with one attached hydrogen (secondary N) is 4. The Bertz CT molecular complexity index is 873. The van der Waals surface area contributed by atoms with Gasteiger partial charge in [-0.3, -0.25) is 14.9 Å². The van der Waals surface area contributed by atoms with E-state index in [9.17, 15) is 14.4 Å². The molecule has 0 aliphatic heterocycles. The number of amides is 3. The number of imide groups is 1. The normalized spacial score (nSPS) is 16.0. The Kier molecular flexibility index (Phi) is 6.18. The minimum absolute atomic E-state index is 0.106. The Hall–Kier alpha value is -2.74. The monoisotopic (exact) mass is 372 g/mol. The van der Waals surface area contributed by atoms with Gasteiger partial charge in [-0.25, -0.2) is 9.78 Å². The molecule has 1 unspecified atom stereocenters. The first-order valence-corrected chi connectivity index (χ1v) is 9.41. The molecule has 3 rings (SSSR count). The molecule has 0 saturated heterocycles. The Labute approximate surface area is 157 Å². The molecule has 8 heteroatoms. The smallest absolute Gasteiger partial charge is 0.321 e. The number of aromatic amines is 1. The van der Waals surface area contributed by atoms with E-state index in [1.54, 1.807) is 18.2 Å². The number of hydrogen-bond acceptors (Lipinski definition) is 4. The summed E-state index contributed by atoms with van der Waals surface area (Å²) in [5, 5.41) is 5.78. The third kappa shape index (κ3) is 5.37. The molecule has 144 valence electrons. The fraction of sp³-hybridized carbons (Fsp3) is 0.474. The number of quaternary nitrogens is 1. The zero-order valence-corrected chi connectivity index (χ0v) is 15.5. The van der Waals surface area contributed by atoms with Gasteiger partial charge in [0.15, 0.2) is 12.4 Å². The van der Waals surface area contributed by atoms with Crippen molar-refractivity contribution >= 4 is 22.8 Å². The highest BCUT2D eigenvalue weighted by Crippen LogP contribution is 2.17. The number of benzene rings is 1. The molecule has 8 nitrogen and oxygen atoms in total. The molecule has 1 atom stereocenters. The molecular formula is C19H26N5O3+. The van der Waals surface area contributed by atoms with Crippen molar-refractivity contribution in [3.63, 3.8) is 0 Å². The molecule has 27 heavy (non-hydrogen) atoms. The maximum absolute atomic E-state index is 12.1. The highest BCUT2D eigenvalue weighted by atomic mass is 16.2. The summed E-state index contributed by atoms with van der Waals surface area (Å²) in [7, 11) is 1.81. The largest absolute Gasteiger partial charge is 0.335 e. The van der Waals surface area contributed by atoms with Crippen LogP contribution in [0.4, 0.5) is 4.79 Å². The summed E-state index contributed by atoms with van der Waals surface area (Å²) in [5.74, 6) is 0.152. The second-order valence-corrected chi connectivity index (χ2v) is 7.20. The van der Waals surface area contributed by atoms with Crippen LogP contribution in [0.15, 0.2) is 29.1 Å². The minimum atomic E-state index is -0.433. The van der Waals surface area contributed by atoms with Crippen LogP contribution in [-0.2, 0) is 11.3 Å². The Morgan fingerprint density at radius 3 is 2.74 bits per heavy atom. The fourth-order valence-electron chi connectivity index (χ4n) is 3.48. The average Bonchev–Trinajstić information content (AvgIpc) is 2.62. The summed E-state index contributed by atoms with van der Waals surface area (Å²) in [4.78, 5) is 44.1. The number of urea groups is 1. The first-order valence-electron chi connectivity index (χ1n) is 9.41. The van der Waals surface area contributed by atoms with Gasteiger partial charge in [-0.1, -0.05) is 31.4 Å². The van der Waals surface area contributed by atoms with Gasteiger partial charge in [0.2, 0.25) is 0 Å². The molecule has 1 aliphatic rings. The van der Waals surface area contributed by atoms with E-state index in [-0.39, 0.29) is 24.1 Å². The van der Waals surface area contributed by atoms with Crippen LogP contribution in [0, 0.1) is 0 Å². The molecule has 1 aliphatic carbocycles. The number of carbonyl (C=O) groups excluding carboxylic acids is 2. The van der Waals surface area contributed by atoms with Gasteiger partial charge in [0.1, 0.15) is 6.54 Å². The number of aromatic nitrogens is 2. The van der Waals surface area contributed by atoms with Crippen molar-refractivity contribution in [2.75, 3.05) is 13.6 Å². The maximum Gasteiger partial charge on any atom is 0.321 e. The molecule has 4 N–H and O–H groups in total. The Balaban J connectivity index is 1.51. The number of para-hydroxylation sites is 1. The molecule has 3 amide bonds. The lowest BCUT2D eigenvalue weighted by atomic mass is 9.96. The lowest BCUT2D eigenvalue weighted by molar-refractivity contribution is -0.886. The summed E-state index contributed by atoms with van der Waals surface area (Å²) in [6.07, 6.45) is 5.37. The van der Waals surface area contributed by atoms with E-state index in [1.165, 1.54) is 6.42 Å². The zero-order valence-electron chi connectivity index (χ0n) is 15.5. The second kappa shape index (κ2) is 8.77. The van der Waals surface area contributed by atoms with Crippen molar-refractivity contribution in [2.45, 2.75) is 44.7 Å². The SMILES string of the molecule is C[NH+](CC(=O)NC(=O)NC1CCCCC1)Cc1nc2ccccc2c(=O)[nH]1. The van der Waals surface area contributed by atoms with Crippen molar-refractivity contribution in [3.05, 3.63) is 40.4 Å². The van der Waals surface area contributed by atoms with Crippen molar-refractivity contribution < 1.29 is 14.5 Å². The molecule has 1 heterocycles. The number of nitrogens with zero attached hydrogens (tertiary/aromatic N) is 1. The van der Waals surface area contributed by atoms with E-state index in [4.69, 9.17) is 0 Å². The van der Waals surface area contributed by atoms with E-state index in [0.29, 0.717) is 23.3 Å². The summed E-state index contributed by atoms with van der Waals surface area (Å²) in [6, 6.07) is 6.85. The molecular weight excluding hydrogens is 346 g/mol. The minimum Gasteiger partial charge on any atom is -0.335 e. The van der Waals surface area contributed by atoms with Gasteiger partial charge >= 0.3 is 6.03 Å². The van der Waals surface area contributed by atoms with Crippen LogP contribution in [0.2, 0.25) is 0 Å². The van der Waals surface area contributed by atoms with Gasteiger partial charge in [0, 0.05) is 6.04 Å². The lowest BCUT2D eigenvalue weighted by Gasteiger charge is -2.22. The Morgan fingerprint density at radius 2 is 1.96 bits per heavy atom. The zero-order chi connectivity index (χ0) is 19.2. The molecule has 1 aromatic heterocycles. The highest BCUT2D eigenvalue weighted by molar-refractivity contribution is 5.94. The third-order valence-electron chi connectivity index (χ3n) is 4.79. The van der Waals surface area contributed by atoms with Gasteiger partial charge in [0.25, 0.3) is 11.5 Å². The number of hydrogen-bond donors (Lipinski definition) is 4. The molecule has 1 fully saturated rings. The molecule has 0 spiro atoms. The van der Waals surface area contributed by atoms with Crippen LogP contribution in [0.3, 0.4) is 0 Å². The third-order valence-corrected chi connectivity index (χ3v) is 4.79. The second-order valence-electron chi connectivity index (χ2n) is 7.20. The number of rotatable bonds is 5. The van der Waals surface area contributed by atoms with Crippen LogP contribution in [-0.4, -0.2) is 41.5 Å². The van der Waals surface area contributed by atoms with E-state index in [2.05, 4.69) is 20.6 Å². The first-order chi connectivity index (χ1) is 13.0. The van der Waals surface area contributed by atoms with Gasteiger partial charge in [0.05, 0.1) is 18.0 Å². The number of H-pyrrole nitrogens is 1. The van der Waals surface area contributed by atoms with E-state index >= 15 is 0 Å². The van der Waals surface area contributed by atoms with E-state index < -0.39 is 6.03 Å². The van der Waals surface area contributed by atoms with Crippen molar-refractivity contribution in [1.82, 2.24) is 20.6 Å². The van der Waals surface area contributed by atoms with Gasteiger partial charge < -0.3 is 15.2 Å². The predicted octanol–water partition coefficient (Wildman–Crippen LogP) is 0.0963. The average molecular weight is 372 g/mol. The fourth-order valence-corrected chi connectivity index (χ4v) is 3.48. The van der Waals surface area contributed by atoms with Crippen molar-refractivity contribution in [2.24, 2.45) is 0 Å². The van der Waals surface area contributed by atoms with Crippen LogP contribution in [0.25, 0.3) is 10.9 Å². The summed E-state index contributed by atoms with van der Waals surface area (Å²) < 4.78 is 0. The Morgan fingerprint density at radius 1 is 1.22 bits per heavy atom. The lowest BCUT2D eigenvalue weighted by Crippen LogP contribution is -3.09. The van der Waals surface area contributed by atoms with E-state index in [0.717, 1.165) is 30.6 Å². The first kappa shape index (κ1) is 19.0. The van der Waals surface area contributed by atoms with Crippen molar-refractivity contribution in [1.29, 1.82) is 0 Å². The summed E-state index contributed by atoms with van der Waals surface area (Å²) in [6.45, 7) is 0.479. The molecule has 2 aromatic rings. The molecule has 1 aromatic carbocycles. The van der Waals surface area contributed by atoms with Crippen LogP contribution >= 0.6 is 0 Å². The topological polar surface area (TPSA) is 108 Å². The quantitative estimate of drug-likeness (QED) is 0.597. The molecule has 1 saturated carbocycles. The maximum atomic E-state index is 12.1. The van der Waals surface area contributed by atoms with Crippen molar-refractivity contribution in [3.8, 4) is 0 Å². The number of likely N-dealkylation sites (N-methyl/N-ethyl adjacent to an activating group) is 1. The number of fused-ring (bicyclic) bond motifs is 1. The molecule has 0 bridgehead atoms. The predicted molar refractivity (Wildman–Crippen MR) is 101 cm³/mol. The van der Waals surface area contributed by atoms with Gasteiger partial charge in [-0.2, -0.15) is 0 Å². The van der Waals surface area contributed by atoms with Crippen LogP contribution in [0.5, 0.6) is 0 Å². The highest BCUT2D eigenvalue weighted by Gasteiger charge is 2.19. The van der Waals surface area contributed by atoms with Gasteiger partial charge in [-0.05, 0) is 25.0 Å². The summed E-state index contributed by atoms with van der Waals surface area (Å²) in [5.41, 5.74) is 0.431. The van der Waals surface area contributed by atoms with E-state index in [1.807, 2.05) is 13.1 Å². The van der Waals surface area contributed by atoms with Crippen LogP contribution < -0.4 is 21.1 Å². The summed E-state index contributed by atoms with van der Waals surface area (Å²) >= 11 is 0.